The molecule has 1 heterocycles. The Balaban J connectivity index is 2.85. The summed E-state index contributed by atoms with van der Waals surface area (Å²) in [6.45, 7) is 0. The molecule has 0 aromatic carbocycles. The van der Waals surface area contributed by atoms with Crippen LogP contribution < -0.4 is 0 Å². The monoisotopic (exact) mass is 129 g/mol. The first-order valence-electron chi connectivity index (χ1n) is 2.27. The van der Waals surface area contributed by atoms with Gasteiger partial charge in [0, 0.05) is 0 Å². The molecule has 1 aromatic heterocycles. The Bertz CT molecular complexity index is 176. The van der Waals surface area contributed by atoms with Crippen molar-refractivity contribution in [3.05, 3.63) is 24.3 Å². The van der Waals surface area contributed by atoms with E-state index in [-0.39, 0.29) is 5.69 Å². The molecular formula is C5H3F2N2. The molecule has 0 aliphatic rings. The number of hydrogen-bond acceptors (Lipinski definition) is 2. The van der Waals surface area contributed by atoms with E-state index < -0.39 is 6.43 Å². The first-order valence-corrected chi connectivity index (χ1v) is 2.27. The summed E-state index contributed by atoms with van der Waals surface area (Å²) in [5, 5.41) is 0. The van der Waals surface area contributed by atoms with E-state index in [1.54, 1.807) is 0 Å². The SMILES string of the molecule is FC(F)c1c[c]ncn1. The molecule has 0 amide bonds. The average Bonchev–Trinajstić information content (AvgIpc) is 1.90. The topological polar surface area (TPSA) is 25.8 Å². The smallest absolute Gasteiger partial charge is 0.235 e. The molecule has 0 aliphatic heterocycles. The molecule has 1 aromatic rings. The third-order valence-corrected chi connectivity index (χ3v) is 0.775. The van der Waals surface area contributed by atoms with Crippen LogP contribution in [-0.4, -0.2) is 9.97 Å². The van der Waals surface area contributed by atoms with Crippen LogP contribution in [0.5, 0.6) is 0 Å². The van der Waals surface area contributed by atoms with Gasteiger partial charge in [0.2, 0.25) is 0 Å². The maximum atomic E-state index is 11.7. The van der Waals surface area contributed by atoms with Gasteiger partial charge < -0.3 is 0 Å². The molecule has 0 atom stereocenters. The summed E-state index contributed by atoms with van der Waals surface area (Å²) in [5.74, 6) is 0. The van der Waals surface area contributed by atoms with Crippen LogP contribution in [0.15, 0.2) is 12.4 Å². The molecule has 0 aliphatic carbocycles. The fourth-order valence-corrected chi connectivity index (χ4v) is 0.389. The van der Waals surface area contributed by atoms with Crippen molar-refractivity contribution in [3.63, 3.8) is 0 Å². The van der Waals surface area contributed by atoms with Crippen LogP contribution in [-0.2, 0) is 0 Å². The van der Waals surface area contributed by atoms with Crippen molar-refractivity contribution >= 4 is 0 Å². The van der Waals surface area contributed by atoms with E-state index in [0.717, 1.165) is 12.4 Å². The quantitative estimate of drug-likeness (QED) is 0.569. The molecule has 1 radical (unpaired) electrons. The van der Waals surface area contributed by atoms with Crippen LogP contribution in [0.2, 0.25) is 0 Å². The standard InChI is InChI=1S/C5H3F2N2/c6-5(7)4-1-2-8-3-9-4/h1,3,5H. The van der Waals surface area contributed by atoms with Crippen LogP contribution in [0, 0.1) is 6.20 Å². The van der Waals surface area contributed by atoms with Gasteiger partial charge in [-0.3, -0.25) is 0 Å². The molecule has 1 rings (SSSR count). The van der Waals surface area contributed by atoms with Crippen LogP contribution >= 0.6 is 0 Å². The van der Waals surface area contributed by atoms with E-state index in [2.05, 4.69) is 16.2 Å². The lowest BCUT2D eigenvalue weighted by Gasteiger charge is -1.92. The van der Waals surface area contributed by atoms with E-state index in [1.165, 1.54) is 0 Å². The molecule has 9 heavy (non-hydrogen) atoms. The zero-order valence-corrected chi connectivity index (χ0v) is 4.38. The predicted molar refractivity (Wildman–Crippen MR) is 25.8 cm³/mol. The number of aromatic nitrogens is 2. The minimum Gasteiger partial charge on any atom is -0.235 e. The molecule has 0 spiro atoms. The van der Waals surface area contributed by atoms with Gasteiger partial charge in [-0.25, -0.2) is 18.7 Å². The summed E-state index contributed by atoms with van der Waals surface area (Å²) < 4.78 is 23.3. The van der Waals surface area contributed by atoms with Gasteiger partial charge in [0.1, 0.15) is 12.0 Å². The van der Waals surface area contributed by atoms with Gasteiger partial charge in [0.15, 0.2) is 0 Å². The molecule has 0 N–H and O–H groups in total. The van der Waals surface area contributed by atoms with Crippen LogP contribution in [0.25, 0.3) is 0 Å². The highest BCUT2D eigenvalue weighted by atomic mass is 19.3. The molecular weight excluding hydrogens is 126 g/mol. The average molecular weight is 129 g/mol. The summed E-state index contributed by atoms with van der Waals surface area (Å²) in [7, 11) is 0. The number of halogens is 2. The minimum absolute atomic E-state index is 0.287. The first kappa shape index (κ1) is 6.07. The van der Waals surface area contributed by atoms with E-state index in [0.29, 0.717) is 0 Å². The molecule has 2 nitrogen and oxygen atoms in total. The Labute approximate surface area is 50.6 Å². The van der Waals surface area contributed by atoms with Gasteiger partial charge in [-0.15, -0.1) is 0 Å². The molecule has 0 fully saturated rings. The third-order valence-electron chi connectivity index (χ3n) is 0.775. The molecule has 0 saturated heterocycles. The highest BCUT2D eigenvalue weighted by Crippen LogP contribution is 2.13. The largest absolute Gasteiger partial charge is 0.280 e. The summed E-state index contributed by atoms with van der Waals surface area (Å²) in [6.07, 6.45) is 0.769. The van der Waals surface area contributed by atoms with Crippen molar-refractivity contribution in [3.8, 4) is 0 Å². The summed E-state index contributed by atoms with van der Waals surface area (Å²) in [5.41, 5.74) is -0.287. The number of nitrogens with zero attached hydrogens (tertiary/aromatic N) is 2. The number of alkyl halides is 2. The fourth-order valence-electron chi connectivity index (χ4n) is 0.389. The Kier molecular flexibility index (Phi) is 1.67. The van der Waals surface area contributed by atoms with E-state index in [1.807, 2.05) is 0 Å². The second-order valence-corrected chi connectivity index (χ2v) is 1.37. The second kappa shape index (κ2) is 2.48. The van der Waals surface area contributed by atoms with E-state index >= 15 is 0 Å². The third kappa shape index (κ3) is 1.42. The van der Waals surface area contributed by atoms with Crippen molar-refractivity contribution in [2.45, 2.75) is 6.43 Å². The van der Waals surface area contributed by atoms with Crippen LogP contribution in [0.3, 0.4) is 0 Å². The van der Waals surface area contributed by atoms with Crippen LogP contribution in [0.4, 0.5) is 8.78 Å². The van der Waals surface area contributed by atoms with Crippen molar-refractivity contribution in [1.82, 2.24) is 9.97 Å². The minimum atomic E-state index is -2.52. The molecule has 0 unspecified atom stereocenters. The van der Waals surface area contributed by atoms with Crippen molar-refractivity contribution in [1.29, 1.82) is 0 Å². The number of rotatable bonds is 1. The predicted octanol–water partition coefficient (Wildman–Crippen LogP) is 1.21. The highest BCUT2D eigenvalue weighted by molar-refractivity contribution is 4.97. The van der Waals surface area contributed by atoms with Crippen molar-refractivity contribution in [2.75, 3.05) is 0 Å². The summed E-state index contributed by atoms with van der Waals surface area (Å²) in [6, 6.07) is 1.06. The normalized spacial score (nSPS) is 10.1. The van der Waals surface area contributed by atoms with E-state index in [4.69, 9.17) is 0 Å². The lowest BCUT2D eigenvalue weighted by molar-refractivity contribution is 0.146. The zero-order chi connectivity index (χ0) is 6.69. The van der Waals surface area contributed by atoms with Gasteiger partial charge in [0.05, 0.1) is 6.20 Å². The van der Waals surface area contributed by atoms with Gasteiger partial charge in [-0.1, -0.05) is 0 Å². The Hall–Kier alpha value is -1.06. The molecule has 4 heteroatoms. The summed E-state index contributed by atoms with van der Waals surface area (Å²) >= 11 is 0. The Morgan fingerprint density at radius 3 is 2.67 bits per heavy atom. The highest BCUT2D eigenvalue weighted by Gasteiger charge is 2.05. The maximum absolute atomic E-state index is 11.7. The van der Waals surface area contributed by atoms with Gasteiger partial charge in [0.25, 0.3) is 6.43 Å². The molecule has 0 saturated carbocycles. The molecule has 47 valence electrons. The van der Waals surface area contributed by atoms with Gasteiger partial charge >= 0.3 is 0 Å². The van der Waals surface area contributed by atoms with Gasteiger partial charge in [-0.05, 0) is 6.07 Å². The maximum Gasteiger partial charge on any atom is 0.280 e. The Morgan fingerprint density at radius 1 is 1.56 bits per heavy atom. The lowest BCUT2D eigenvalue weighted by atomic mass is 10.4. The fraction of sp³-hybridized carbons (Fsp3) is 0.200. The van der Waals surface area contributed by atoms with Gasteiger partial charge in [-0.2, -0.15) is 0 Å². The summed E-state index contributed by atoms with van der Waals surface area (Å²) in [4.78, 5) is 6.64. The van der Waals surface area contributed by atoms with Crippen molar-refractivity contribution in [2.24, 2.45) is 0 Å². The Morgan fingerprint density at radius 2 is 2.33 bits per heavy atom. The lowest BCUT2D eigenvalue weighted by Crippen LogP contribution is -1.88. The van der Waals surface area contributed by atoms with E-state index in [9.17, 15) is 8.78 Å². The molecule has 0 bridgehead atoms. The number of hydrogen-bond donors (Lipinski definition) is 0. The zero-order valence-electron chi connectivity index (χ0n) is 4.38. The second-order valence-electron chi connectivity index (χ2n) is 1.37. The van der Waals surface area contributed by atoms with Crippen molar-refractivity contribution < 1.29 is 8.78 Å². The van der Waals surface area contributed by atoms with Crippen LogP contribution in [0.1, 0.15) is 12.1 Å². The first-order chi connectivity index (χ1) is 4.30.